The van der Waals surface area contributed by atoms with Gasteiger partial charge in [0, 0.05) is 16.7 Å². The van der Waals surface area contributed by atoms with Gasteiger partial charge >= 0.3 is 0 Å². The Kier molecular flexibility index (Phi) is 3.56. The van der Waals surface area contributed by atoms with Crippen molar-refractivity contribution in [1.82, 2.24) is 4.90 Å². The summed E-state index contributed by atoms with van der Waals surface area (Å²) < 4.78 is 0.773. The number of primary amides is 1. The summed E-state index contributed by atoms with van der Waals surface area (Å²) in [6.07, 6.45) is 1.40. The molecule has 0 radical (unpaired) electrons. The highest BCUT2D eigenvalue weighted by atomic mass is 79.9. The Labute approximate surface area is 113 Å². The quantitative estimate of drug-likeness (QED) is 0.802. The number of nitrogen functional groups attached to an aromatic ring is 1. The second kappa shape index (κ2) is 4.97. The number of carbonyl (C=O) groups is 2. The maximum atomic E-state index is 12.4. The number of nitrogens with zero attached hydrogens (tertiary/aromatic N) is 1. The molecular formula is C12H14BrN3O2. The number of rotatable bonds is 2. The summed E-state index contributed by atoms with van der Waals surface area (Å²) >= 11 is 3.30. The van der Waals surface area contributed by atoms with Crippen molar-refractivity contribution in [2.45, 2.75) is 18.9 Å². The van der Waals surface area contributed by atoms with Crippen molar-refractivity contribution < 1.29 is 9.59 Å². The van der Waals surface area contributed by atoms with E-state index in [0.29, 0.717) is 24.2 Å². The van der Waals surface area contributed by atoms with Crippen molar-refractivity contribution in [3.8, 4) is 0 Å². The Balaban J connectivity index is 2.31. The third kappa shape index (κ3) is 2.33. The van der Waals surface area contributed by atoms with Gasteiger partial charge in [0.1, 0.15) is 6.04 Å². The summed E-state index contributed by atoms with van der Waals surface area (Å²) in [4.78, 5) is 25.1. The van der Waals surface area contributed by atoms with E-state index in [1.807, 2.05) is 0 Å². The zero-order valence-electron chi connectivity index (χ0n) is 9.73. The molecule has 0 aliphatic carbocycles. The summed E-state index contributed by atoms with van der Waals surface area (Å²) in [5.41, 5.74) is 11.9. The predicted molar refractivity (Wildman–Crippen MR) is 71.8 cm³/mol. The Morgan fingerprint density at radius 3 is 2.78 bits per heavy atom. The van der Waals surface area contributed by atoms with E-state index in [0.717, 1.165) is 10.9 Å². The average molecular weight is 312 g/mol. The lowest BCUT2D eigenvalue weighted by Crippen LogP contribution is -2.43. The molecule has 0 aromatic heterocycles. The molecule has 5 nitrogen and oxygen atoms in total. The van der Waals surface area contributed by atoms with Gasteiger partial charge in [0.05, 0.1) is 5.56 Å². The SMILES string of the molecule is NC(=O)C1CCCN1C(=O)c1cc(Br)ccc1N. The summed E-state index contributed by atoms with van der Waals surface area (Å²) in [7, 11) is 0. The van der Waals surface area contributed by atoms with Crippen LogP contribution in [-0.2, 0) is 4.79 Å². The minimum atomic E-state index is -0.518. The van der Waals surface area contributed by atoms with Gasteiger partial charge in [0.15, 0.2) is 0 Å². The van der Waals surface area contributed by atoms with Crippen LogP contribution in [-0.4, -0.2) is 29.3 Å². The molecule has 0 bridgehead atoms. The van der Waals surface area contributed by atoms with E-state index in [-0.39, 0.29) is 5.91 Å². The smallest absolute Gasteiger partial charge is 0.256 e. The molecule has 1 heterocycles. The van der Waals surface area contributed by atoms with Gasteiger partial charge < -0.3 is 16.4 Å². The topological polar surface area (TPSA) is 89.4 Å². The second-order valence-corrected chi connectivity index (χ2v) is 5.21. The monoisotopic (exact) mass is 311 g/mol. The molecule has 6 heteroatoms. The van der Waals surface area contributed by atoms with Crippen molar-refractivity contribution in [2.75, 3.05) is 12.3 Å². The fraction of sp³-hybridized carbons (Fsp3) is 0.333. The molecule has 1 saturated heterocycles. The molecular weight excluding hydrogens is 298 g/mol. The summed E-state index contributed by atoms with van der Waals surface area (Å²) in [5, 5.41) is 0. The molecule has 2 amide bonds. The molecule has 1 aliphatic rings. The Morgan fingerprint density at radius 1 is 1.39 bits per heavy atom. The van der Waals surface area contributed by atoms with Gasteiger partial charge in [0.25, 0.3) is 5.91 Å². The Hall–Kier alpha value is -1.56. The fourth-order valence-electron chi connectivity index (χ4n) is 2.17. The number of anilines is 1. The molecule has 0 spiro atoms. The predicted octanol–water partition coefficient (Wildman–Crippen LogP) is 1.12. The highest BCUT2D eigenvalue weighted by Gasteiger charge is 2.33. The lowest BCUT2D eigenvalue weighted by Gasteiger charge is -2.22. The van der Waals surface area contributed by atoms with Crippen LogP contribution in [0.25, 0.3) is 0 Å². The molecule has 0 saturated carbocycles. The highest BCUT2D eigenvalue weighted by Crippen LogP contribution is 2.24. The van der Waals surface area contributed by atoms with Crippen LogP contribution >= 0.6 is 15.9 Å². The zero-order valence-corrected chi connectivity index (χ0v) is 11.3. The standard InChI is InChI=1S/C12H14BrN3O2/c13-7-3-4-9(14)8(6-7)12(18)16-5-1-2-10(16)11(15)17/h3-4,6,10H,1-2,5,14H2,(H2,15,17). The first-order chi connectivity index (χ1) is 8.50. The molecule has 1 fully saturated rings. The van der Waals surface area contributed by atoms with Gasteiger partial charge in [0.2, 0.25) is 5.91 Å². The van der Waals surface area contributed by atoms with Gasteiger partial charge in [-0.1, -0.05) is 15.9 Å². The van der Waals surface area contributed by atoms with Gasteiger partial charge in [-0.05, 0) is 31.0 Å². The fourth-order valence-corrected chi connectivity index (χ4v) is 2.54. The molecule has 18 heavy (non-hydrogen) atoms. The maximum absolute atomic E-state index is 12.4. The van der Waals surface area contributed by atoms with E-state index in [1.165, 1.54) is 4.90 Å². The van der Waals surface area contributed by atoms with E-state index in [2.05, 4.69) is 15.9 Å². The molecule has 1 unspecified atom stereocenters. The van der Waals surface area contributed by atoms with Gasteiger partial charge in [-0.25, -0.2) is 0 Å². The number of halogens is 1. The number of likely N-dealkylation sites (tertiary alicyclic amines) is 1. The number of amides is 2. The van der Waals surface area contributed by atoms with Crippen molar-refractivity contribution >= 4 is 33.4 Å². The number of hydrogen-bond donors (Lipinski definition) is 2. The molecule has 2 rings (SSSR count). The van der Waals surface area contributed by atoms with Crippen LogP contribution in [0.2, 0.25) is 0 Å². The van der Waals surface area contributed by atoms with Gasteiger partial charge in [-0.2, -0.15) is 0 Å². The van der Waals surface area contributed by atoms with E-state index in [1.54, 1.807) is 18.2 Å². The van der Waals surface area contributed by atoms with Crippen LogP contribution in [0.3, 0.4) is 0 Å². The normalized spacial score (nSPS) is 18.9. The van der Waals surface area contributed by atoms with Crippen LogP contribution in [0.1, 0.15) is 23.2 Å². The van der Waals surface area contributed by atoms with E-state index in [9.17, 15) is 9.59 Å². The third-order valence-corrected chi connectivity index (χ3v) is 3.58. The van der Waals surface area contributed by atoms with Crippen LogP contribution in [0.4, 0.5) is 5.69 Å². The average Bonchev–Trinajstić information content (AvgIpc) is 2.80. The van der Waals surface area contributed by atoms with Gasteiger partial charge in [-0.15, -0.1) is 0 Å². The van der Waals surface area contributed by atoms with Crippen LogP contribution in [0.15, 0.2) is 22.7 Å². The largest absolute Gasteiger partial charge is 0.398 e. The molecule has 96 valence electrons. The second-order valence-electron chi connectivity index (χ2n) is 4.29. The molecule has 1 atom stereocenters. The van der Waals surface area contributed by atoms with E-state index >= 15 is 0 Å². The lowest BCUT2D eigenvalue weighted by molar-refractivity contribution is -0.121. The minimum absolute atomic E-state index is 0.241. The Bertz CT molecular complexity index is 504. The van der Waals surface area contributed by atoms with Crippen molar-refractivity contribution in [1.29, 1.82) is 0 Å². The summed E-state index contributed by atoms with van der Waals surface area (Å²) in [6.45, 7) is 0.540. The highest BCUT2D eigenvalue weighted by molar-refractivity contribution is 9.10. The van der Waals surface area contributed by atoms with Crippen molar-refractivity contribution in [2.24, 2.45) is 5.73 Å². The minimum Gasteiger partial charge on any atom is -0.398 e. The number of carbonyl (C=O) groups excluding carboxylic acids is 2. The first-order valence-electron chi connectivity index (χ1n) is 5.66. The Morgan fingerprint density at radius 2 is 2.11 bits per heavy atom. The van der Waals surface area contributed by atoms with Crippen LogP contribution < -0.4 is 11.5 Å². The first kappa shape index (κ1) is 12.9. The van der Waals surface area contributed by atoms with Gasteiger partial charge in [-0.3, -0.25) is 9.59 Å². The van der Waals surface area contributed by atoms with Crippen LogP contribution in [0, 0.1) is 0 Å². The number of nitrogens with two attached hydrogens (primary N) is 2. The van der Waals surface area contributed by atoms with Crippen molar-refractivity contribution in [3.63, 3.8) is 0 Å². The van der Waals surface area contributed by atoms with E-state index < -0.39 is 11.9 Å². The molecule has 1 aromatic rings. The number of benzene rings is 1. The lowest BCUT2D eigenvalue weighted by atomic mass is 10.1. The summed E-state index contributed by atoms with van der Waals surface area (Å²) in [5.74, 6) is -0.704. The first-order valence-corrected chi connectivity index (χ1v) is 6.45. The summed E-state index contributed by atoms with van der Waals surface area (Å²) in [6, 6.07) is 4.57. The van der Waals surface area contributed by atoms with Crippen molar-refractivity contribution in [3.05, 3.63) is 28.2 Å². The molecule has 1 aromatic carbocycles. The maximum Gasteiger partial charge on any atom is 0.256 e. The zero-order chi connectivity index (χ0) is 13.3. The number of hydrogen-bond acceptors (Lipinski definition) is 3. The third-order valence-electron chi connectivity index (χ3n) is 3.09. The molecule has 4 N–H and O–H groups in total. The van der Waals surface area contributed by atoms with E-state index in [4.69, 9.17) is 11.5 Å². The molecule has 1 aliphatic heterocycles. The van der Waals surface area contributed by atoms with Crippen LogP contribution in [0.5, 0.6) is 0 Å².